The Morgan fingerprint density at radius 2 is 2.06 bits per heavy atom. The third-order valence-corrected chi connectivity index (χ3v) is 3.89. The van der Waals surface area contributed by atoms with E-state index in [9.17, 15) is 0 Å². The molecule has 1 aromatic heterocycles. The van der Waals surface area contributed by atoms with E-state index in [1.54, 1.807) is 0 Å². The van der Waals surface area contributed by atoms with Crippen LogP contribution in [0.1, 0.15) is 31.5 Å². The van der Waals surface area contributed by atoms with Crippen LogP contribution in [0.4, 0.5) is 0 Å². The second-order valence-electron chi connectivity index (χ2n) is 5.24. The summed E-state index contributed by atoms with van der Waals surface area (Å²) in [7, 11) is 0. The van der Waals surface area contributed by atoms with Crippen molar-refractivity contribution in [2.24, 2.45) is 5.73 Å². The largest absolute Gasteiger partial charge is 0.358 e. The van der Waals surface area contributed by atoms with Gasteiger partial charge in [0.1, 0.15) is 0 Å². The zero-order valence-electron chi connectivity index (χ0n) is 10.6. The van der Waals surface area contributed by atoms with E-state index in [1.165, 1.54) is 22.2 Å². The highest BCUT2D eigenvalue weighted by atomic mass is 79.9. The third-order valence-electron chi connectivity index (χ3n) is 3.39. The maximum absolute atomic E-state index is 5.72. The molecule has 2 rings (SSSR count). The van der Waals surface area contributed by atoms with Gasteiger partial charge < -0.3 is 10.7 Å². The van der Waals surface area contributed by atoms with Gasteiger partial charge in [-0.1, -0.05) is 35.8 Å². The number of hydrogen-bond donors (Lipinski definition) is 2. The number of rotatable bonds is 3. The molecule has 3 heteroatoms. The lowest BCUT2D eigenvalue weighted by Crippen LogP contribution is -2.22. The number of halogens is 1. The zero-order valence-corrected chi connectivity index (χ0v) is 12.2. The van der Waals surface area contributed by atoms with Crippen molar-refractivity contribution >= 4 is 26.8 Å². The Morgan fingerprint density at radius 3 is 2.71 bits per heavy atom. The fourth-order valence-electron chi connectivity index (χ4n) is 2.66. The molecule has 1 aromatic carbocycles. The first-order valence-electron chi connectivity index (χ1n) is 5.94. The summed E-state index contributed by atoms with van der Waals surface area (Å²) in [5, 5.41) is 1.31. The van der Waals surface area contributed by atoms with Crippen molar-refractivity contribution in [2.45, 2.75) is 32.6 Å². The quantitative estimate of drug-likeness (QED) is 0.887. The minimum Gasteiger partial charge on any atom is -0.358 e. The van der Waals surface area contributed by atoms with Gasteiger partial charge >= 0.3 is 0 Å². The monoisotopic (exact) mass is 294 g/mol. The lowest BCUT2D eigenvalue weighted by molar-refractivity contribution is 0.489. The summed E-state index contributed by atoms with van der Waals surface area (Å²) >= 11 is 3.51. The molecule has 0 aliphatic carbocycles. The molecule has 17 heavy (non-hydrogen) atoms. The molecule has 0 amide bonds. The van der Waals surface area contributed by atoms with Gasteiger partial charge in [-0.2, -0.15) is 0 Å². The summed E-state index contributed by atoms with van der Waals surface area (Å²) in [4.78, 5) is 3.46. The third kappa shape index (κ3) is 2.26. The Kier molecular flexibility index (Phi) is 3.32. The maximum atomic E-state index is 5.72. The first-order valence-corrected chi connectivity index (χ1v) is 6.73. The molecule has 3 N–H and O–H groups in total. The number of nitrogens with one attached hydrogen (secondary N) is 1. The molecule has 0 spiro atoms. The van der Waals surface area contributed by atoms with Crippen molar-refractivity contribution < 1.29 is 0 Å². The van der Waals surface area contributed by atoms with Gasteiger partial charge in [0, 0.05) is 21.1 Å². The van der Waals surface area contributed by atoms with Crippen molar-refractivity contribution in [3.8, 4) is 0 Å². The molecular formula is C14H19BrN2. The van der Waals surface area contributed by atoms with Crippen LogP contribution in [0.15, 0.2) is 22.7 Å². The SMILES string of the molecule is Cc1[nH]c2cc(Br)ccc2c1C(C)(C)CCN. The van der Waals surface area contributed by atoms with E-state index in [0.717, 1.165) is 17.4 Å². The number of aryl methyl sites for hydroxylation is 1. The van der Waals surface area contributed by atoms with Gasteiger partial charge in [0.15, 0.2) is 0 Å². The first-order chi connectivity index (χ1) is 7.95. The molecule has 0 atom stereocenters. The van der Waals surface area contributed by atoms with E-state index in [1.807, 2.05) is 0 Å². The molecular weight excluding hydrogens is 276 g/mol. The van der Waals surface area contributed by atoms with Crippen molar-refractivity contribution in [2.75, 3.05) is 6.54 Å². The topological polar surface area (TPSA) is 41.8 Å². The number of benzene rings is 1. The highest BCUT2D eigenvalue weighted by molar-refractivity contribution is 9.10. The average Bonchev–Trinajstić information content (AvgIpc) is 2.53. The molecule has 0 fully saturated rings. The Balaban J connectivity index is 2.64. The highest BCUT2D eigenvalue weighted by Crippen LogP contribution is 2.36. The van der Waals surface area contributed by atoms with E-state index < -0.39 is 0 Å². The molecule has 92 valence electrons. The number of fused-ring (bicyclic) bond motifs is 1. The van der Waals surface area contributed by atoms with E-state index in [-0.39, 0.29) is 5.41 Å². The van der Waals surface area contributed by atoms with Gasteiger partial charge in [0.2, 0.25) is 0 Å². The van der Waals surface area contributed by atoms with Gasteiger partial charge in [0.05, 0.1) is 0 Å². The zero-order chi connectivity index (χ0) is 12.6. The van der Waals surface area contributed by atoms with Crippen LogP contribution < -0.4 is 5.73 Å². The molecule has 0 saturated heterocycles. The number of nitrogens with two attached hydrogens (primary N) is 1. The second-order valence-corrected chi connectivity index (χ2v) is 6.15. The van der Waals surface area contributed by atoms with E-state index in [4.69, 9.17) is 5.73 Å². The molecule has 0 bridgehead atoms. The summed E-state index contributed by atoms with van der Waals surface area (Å²) in [6, 6.07) is 6.40. The lowest BCUT2D eigenvalue weighted by Gasteiger charge is -2.25. The molecule has 0 aliphatic heterocycles. The number of aromatic amines is 1. The van der Waals surface area contributed by atoms with E-state index >= 15 is 0 Å². The summed E-state index contributed by atoms with van der Waals surface area (Å²) < 4.78 is 1.11. The number of hydrogen-bond acceptors (Lipinski definition) is 1. The lowest BCUT2D eigenvalue weighted by atomic mass is 9.80. The van der Waals surface area contributed by atoms with Crippen LogP contribution in [0.5, 0.6) is 0 Å². The van der Waals surface area contributed by atoms with Gasteiger partial charge in [-0.25, -0.2) is 0 Å². The number of H-pyrrole nitrogens is 1. The van der Waals surface area contributed by atoms with Gasteiger partial charge in [-0.05, 0) is 43.0 Å². The second kappa shape index (κ2) is 4.46. The summed E-state index contributed by atoms with van der Waals surface area (Å²) in [5.74, 6) is 0. The van der Waals surface area contributed by atoms with E-state index in [0.29, 0.717) is 0 Å². The number of aromatic nitrogens is 1. The molecule has 0 radical (unpaired) electrons. The van der Waals surface area contributed by atoms with Crippen LogP contribution in [0.2, 0.25) is 0 Å². The van der Waals surface area contributed by atoms with Crippen molar-refractivity contribution in [3.63, 3.8) is 0 Å². The van der Waals surface area contributed by atoms with Gasteiger partial charge in [-0.3, -0.25) is 0 Å². The Bertz CT molecular complexity index is 540. The summed E-state index contributed by atoms with van der Waals surface area (Å²) in [6.07, 6.45) is 0.997. The van der Waals surface area contributed by atoms with Crippen LogP contribution in [0, 0.1) is 6.92 Å². The first kappa shape index (κ1) is 12.7. The van der Waals surface area contributed by atoms with Crippen molar-refractivity contribution in [1.82, 2.24) is 4.98 Å². The molecule has 2 aromatic rings. The normalized spacial score (nSPS) is 12.3. The fraction of sp³-hybridized carbons (Fsp3) is 0.429. The smallest absolute Gasteiger partial charge is 0.0470 e. The van der Waals surface area contributed by atoms with Crippen LogP contribution in [0.3, 0.4) is 0 Å². The van der Waals surface area contributed by atoms with Crippen LogP contribution >= 0.6 is 15.9 Å². The van der Waals surface area contributed by atoms with Crippen LogP contribution in [0.25, 0.3) is 10.9 Å². The predicted molar refractivity (Wildman–Crippen MR) is 77.4 cm³/mol. The molecule has 1 heterocycles. The van der Waals surface area contributed by atoms with E-state index in [2.05, 4.69) is 59.9 Å². The Morgan fingerprint density at radius 1 is 1.35 bits per heavy atom. The Labute approximate surface area is 111 Å². The van der Waals surface area contributed by atoms with Gasteiger partial charge in [0.25, 0.3) is 0 Å². The van der Waals surface area contributed by atoms with Crippen molar-refractivity contribution in [1.29, 1.82) is 0 Å². The highest BCUT2D eigenvalue weighted by Gasteiger charge is 2.25. The molecule has 0 aliphatic rings. The summed E-state index contributed by atoms with van der Waals surface area (Å²) in [6.45, 7) is 7.38. The van der Waals surface area contributed by atoms with Crippen molar-refractivity contribution in [3.05, 3.63) is 33.9 Å². The standard InChI is InChI=1S/C14H19BrN2/c1-9-13(14(2,3)6-7-16)11-5-4-10(15)8-12(11)17-9/h4-5,8,17H,6-7,16H2,1-3H3. The fourth-order valence-corrected chi connectivity index (χ4v) is 3.02. The Hall–Kier alpha value is -0.800. The summed E-state index contributed by atoms with van der Waals surface area (Å²) in [5.41, 5.74) is 9.67. The van der Waals surface area contributed by atoms with Gasteiger partial charge in [-0.15, -0.1) is 0 Å². The minimum absolute atomic E-state index is 0.116. The molecule has 2 nitrogen and oxygen atoms in total. The van der Waals surface area contributed by atoms with Crippen LogP contribution in [-0.2, 0) is 5.41 Å². The molecule has 0 unspecified atom stereocenters. The average molecular weight is 295 g/mol. The molecule has 0 saturated carbocycles. The van der Waals surface area contributed by atoms with Crippen LogP contribution in [-0.4, -0.2) is 11.5 Å². The predicted octanol–water partition coefficient (Wildman–Crippen LogP) is 3.87. The minimum atomic E-state index is 0.116. The maximum Gasteiger partial charge on any atom is 0.0470 e.